The number of aryl methyl sites for hydroxylation is 1. The van der Waals surface area contributed by atoms with Crippen molar-refractivity contribution in [2.24, 2.45) is 0 Å². The molecule has 0 bridgehead atoms. The summed E-state index contributed by atoms with van der Waals surface area (Å²) in [5.41, 5.74) is 2.18. The van der Waals surface area contributed by atoms with E-state index in [0.717, 1.165) is 11.1 Å². The Morgan fingerprint density at radius 2 is 1.65 bits per heavy atom. The first kappa shape index (κ1) is 23.7. The lowest BCUT2D eigenvalue weighted by Crippen LogP contribution is -2.24. The molecule has 34 heavy (non-hydrogen) atoms. The molecule has 4 aromatic rings. The highest BCUT2D eigenvalue weighted by molar-refractivity contribution is 7.91. The number of nitrogens with zero attached hydrogens (tertiary/aromatic N) is 2. The van der Waals surface area contributed by atoms with Crippen LogP contribution in [0.4, 0.5) is 10.1 Å². The molecular weight excluding hydrogens is 451 g/mol. The van der Waals surface area contributed by atoms with Crippen molar-refractivity contribution in [2.45, 2.75) is 37.1 Å². The van der Waals surface area contributed by atoms with Crippen LogP contribution in [0.25, 0.3) is 10.9 Å². The Hall–Kier alpha value is -3.45. The number of anilines is 1. The Morgan fingerprint density at radius 3 is 2.29 bits per heavy atom. The average Bonchev–Trinajstić information content (AvgIpc) is 2.83. The van der Waals surface area contributed by atoms with Crippen LogP contribution < -0.4 is 10.3 Å². The molecule has 0 fully saturated rings. The molecule has 0 amide bonds. The van der Waals surface area contributed by atoms with Crippen LogP contribution in [0.15, 0.2) is 87.5 Å². The zero-order chi connectivity index (χ0) is 24.5. The van der Waals surface area contributed by atoms with E-state index >= 15 is 4.39 Å². The van der Waals surface area contributed by atoms with Crippen molar-refractivity contribution < 1.29 is 12.8 Å². The van der Waals surface area contributed by atoms with Crippen molar-refractivity contribution in [3.8, 4) is 0 Å². The van der Waals surface area contributed by atoms with E-state index in [1.807, 2.05) is 49.9 Å². The van der Waals surface area contributed by atoms with Crippen LogP contribution in [0, 0.1) is 12.7 Å². The molecule has 4 rings (SSSR count). The quantitative estimate of drug-likeness (QED) is 0.367. The maximum atomic E-state index is 15.1. The van der Waals surface area contributed by atoms with Gasteiger partial charge in [0.25, 0.3) is 0 Å². The van der Waals surface area contributed by atoms with E-state index in [4.69, 9.17) is 0 Å². The molecule has 0 saturated carbocycles. The fourth-order valence-electron chi connectivity index (χ4n) is 4.24. The Balaban J connectivity index is 2.03. The van der Waals surface area contributed by atoms with Gasteiger partial charge in [-0.15, -0.1) is 0 Å². The van der Waals surface area contributed by atoms with Crippen molar-refractivity contribution in [2.75, 3.05) is 18.0 Å². The van der Waals surface area contributed by atoms with Crippen LogP contribution in [0.2, 0.25) is 0 Å². The molecule has 1 heterocycles. The average molecular weight is 479 g/mol. The van der Waals surface area contributed by atoms with Crippen molar-refractivity contribution in [1.29, 1.82) is 0 Å². The fraction of sp³-hybridized carbons (Fsp3) is 0.222. The van der Waals surface area contributed by atoms with E-state index in [0.29, 0.717) is 30.8 Å². The Kier molecular flexibility index (Phi) is 6.57. The second kappa shape index (κ2) is 9.43. The van der Waals surface area contributed by atoms with Gasteiger partial charge in [-0.05, 0) is 50.6 Å². The van der Waals surface area contributed by atoms with E-state index in [2.05, 4.69) is 0 Å². The summed E-state index contributed by atoms with van der Waals surface area (Å²) in [4.78, 5) is 14.9. The summed E-state index contributed by atoms with van der Waals surface area (Å²) in [6, 6.07) is 18.5. The van der Waals surface area contributed by atoms with E-state index < -0.39 is 21.1 Å². The normalized spacial score (nSPS) is 11.6. The SMILES string of the molecule is CCN(CC)c1cc2c(cc1F)c(=O)c(S(=O)(=O)c1ccccc1)cn2Cc1cccc(C)c1. The van der Waals surface area contributed by atoms with Gasteiger partial charge >= 0.3 is 0 Å². The fourth-order valence-corrected chi connectivity index (χ4v) is 5.62. The predicted molar refractivity (Wildman–Crippen MR) is 134 cm³/mol. The lowest BCUT2D eigenvalue weighted by molar-refractivity contribution is 0.593. The minimum atomic E-state index is -4.10. The number of halogens is 1. The van der Waals surface area contributed by atoms with Gasteiger partial charge in [0, 0.05) is 25.8 Å². The molecule has 0 radical (unpaired) electrons. The molecule has 0 aliphatic rings. The monoisotopic (exact) mass is 478 g/mol. The molecule has 0 aliphatic carbocycles. The van der Waals surface area contributed by atoms with Gasteiger partial charge in [0.1, 0.15) is 10.7 Å². The summed E-state index contributed by atoms with van der Waals surface area (Å²) in [5.74, 6) is -0.551. The van der Waals surface area contributed by atoms with E-state index in [-0.39, 0.29) is 15.2 Å². The zero-order valence-electron chi connectivity index (χ0n) is 19.5. The van der Waals surface area contributed by atoms with Crippen molar-refractivity contribution in [3.63, 3.8) is 0 Å². The summed E-state index contributed by atoms with van der Waals surface area (Å²) in [6.07, 6.45) is 1.39. The molecule has 1 aromatic heterocycles. The first-order valence-corrected chi connectivity index (χ1v) is 12.7. The van der Waals surface area contributed by atoms with Crippen LogP contribution >= 0.6 is 0 Å². The molecule has 7 heteroatoms. The lowest BCUT2D eigenvalue weighted by Gasteiger charge is -2.23. The largest absolute Gasteiger partial charge is 0.370 e. The number of fused-ring (bicyclic) bond motifs is 1. The van der Waals surface area contributed by atoms with Crippen LogP contribution in [0.1, 0.15) is 25.0 Å². The zero-order valence-corrected chi connectivity index (χ0v) is 20.3. The second-order valence-corrected chi connectivity index (χ2v) is 10.2. The van der Waals surface area contributed by atoms with Crippen LogP contribution in [0.3, 0.4) is 0 Å². The second-order valence-electron chi connectivity index (χ2n) is 8.25. The standard InChI is InChI=1S/C27H27FN2O3S/c1-4-29(5-2)25-16-24-22(15-23(25)28)27(31)26(34(32,33)21-12-7-6-8-13-21)18-30(24)17-20-11-9-10-19(3)14-20/h6-16,18H,4-5,17H2,1-3H3. The Morgan fingerprint density at radius 1 is 0.941 bits per heavy atom. The van der Waals surface area contributed by atoms with E-state index in [9.17, 15) is 13.2 Å². The molecule has 0 spiro atoms. The summed E-state index contributed by atoms with van der Waals surface area (Å²) < 4.78 is 43.7. The van der Waals surface area contributed by atoms with Gasteiger partial charge in [-0.25, -0.2) is 12.8 Å². The first-order chi connectivity index (χ1) is 16.3. The highest BCUT2D eigenvalue weighted by Crippen LogP contribution is 2.28. The number of hydrogen-bond donors (Lipinski definition) is 0. The molecule has 0 atom stereocenters. The number of sulfone groups is 1. The van der Waals surface area contributed by atoms with Crippen LogP contribution in [-0.4, -0.2) is 26.1 Å². The number of rotatable bonds is 7. The summed E-state index contributed by atoms with van der Waals surface area (Å²) in [6.45, 7) is 7.37. The predicted octanol–water partition coefficient (Wildman–Crippen LogP) is 5.18. The van der Waals surface area contributed by atoms with E-state index in [1.54, 1.807) is 28.8 Å². The van der Waals surface area contributed by atoms with Gasteiger partial charge < -0.3 is 9.47 Å². The first-order valence-electron chi connectivity index (χ1n) is 11.2. The number of benzene rings is 3. The van der Waals surface area contributed by atoms with Gasteiger partial charge in [-0.3, -0.25) is 4.79 Å². The maximum absolute atomic E-state index is 15.1. The number of pyridine rings is 1. The molecular formula is C27H27FN2O3S. The molecule has 176 valence electrons. The molecule has 0 saturated heterocycles. The van der Waals surface area contributed by atoms with Crippen molar-refractivity contribution >= 4 is 26.4 Å². The molecule has 5 nitrogen and oxygen atoms in total. The smallest absolute Gasteiger partial charge is 0.211 e. The molecule has 0 N–H and O–H groups in total. The minimum absolute atomic E-state index is 0.0220. The van der Waals surface area contributed by atoms with Gasteiger partial charge in [0.2, 0.25) is 15.3 Å². The molecule has 0 aliphatic heterocycles. The minimum Gasteiger partial charge on any atom is -0.370 e. The van der Waals surface area contributed by atoms with Crippen LogP contribution in [0.5, 0.6) is 0 Å². The number of aromatic nitrogens is 1. The third kappa shape index (κ3) is 4.35. The van der Waals surface area contributed by atoms with Crippen molar-refractivity contribution in [1.82, 2.24) is 4.57 Å². The van der Waals surface area contributed by atoms with Gasteiger partial charge in [0.05, 0.1) is 21.5 Å². The van der Waals surface area contributed by atoms with Gasteiger partial charge in [-0.1, -0.05) is 48.0 Å². The van der Waals surface area contributed by atoms with Crippen molar-refractivity contribution in [3.05, 3.63) is 100 Å². The summed E-state index contributed by atoms with van der Waals surface area (Å²) in [5, 5.41) is 0.0399. The number of hydrogen-bond acceptors (Lipinski definition) is 4. The maximum Gasteiger partial charge on any atom is 0.211 e. The van der Waals surface area contributed by atoms with E-state index in [1.165, 1.54) is 24.4 Å². The van der Waals surface area contributed by atoms with Gasteiger partial charge in [-0.2, -0.15) is 0 Å². The molecule has 3 aromatic carbocycles. The lowest BCUT2D eigenvalue weighted by atomic mass is 10.1. The van der Waals surface area contributed by atoms with Gasteiger partial charge in [0.15, 0.2) is 0 Å². The summed E-state index contributed by atoms with van der Waals surface area (Å²) >= 11 is 0. The Bertz CT molecular complexity index is 1510. The van der Waals surface area contributed by atoms with Crippen LogP contribution in [-0.2, 0) is 16.4 Å². The Labute approximate surface area is 199 Å². The topological polar surface area (TPSA) is 59.4 Å². The summed E-state index contributed by atoms with van der Waals surface area (Å²) in [7, 11) is -4.10. The molecule has 0 unspecified atom stereocenters. The third-order valence-electron chi connectivity index (χ3n) is 6.00. The highest BCUT2D eigenvalue weighted by Gasteiger charge is 2.25. The third-order valence-corrected chi connectivity index (χ3v) is 7.76. The highest BCUT2D eigenvalue weighted by atomic mass is 32.2.